The van der Waals surface area contributed by atoms with Gasteiger partial charge in [-0.05, 0) is 97.5 Å². The third-order valence-electron chi connectivity index (χ3n) is 9.08. The number of carbonyl (C=O) groups is 2. The van der Waals surface area contributed by atoms with Gasteiger partial charge in [0.2, 0.25) is 5.91 Å². The van der Waals surface area contributed by atoms with Crippen molar-refractivity contribution in [2.75, 3.05) is 25.0 Å². The van der Waals surface area contributed by atoms with Crippen LogP contribution in [-0.2, 0) is 16.8 Å². The standard InChI is InChI=1S/C41H50N6O3/c1-7-46(8-2)23-12-24-47-37-22-17-29(35(27-38(42)48)45-40(49)44-34-16-10-9-13-28(34)3)26-36(37)43-39(47)30-14-11-15-33(25-30)50-32-20-18-31(19-21-32)41(4,5)6/h9-11,13-22,25-26,35H,7-8,12,23-24,27H2,1-6H3,(H2,42,48)(H2,44,45,49). The largest absolute Gasteiger partial charge is 0.457 e. The molecule has 50 heavy (non-hydrogen) atoms. The first kappa shape index (κ1) is 36.1. The van der Waals surface area contributed by atoms with Gasteiger partial charge in [-0.25, -0.2) is 9.78 Å². The predicted octanol–water partition coefficient (Wildman–Crippen LogP) is 8.57. The van der Waals surface area contributed by atoms with Crippen LogP contribution in [0.2, 0.25) is 0 Å². The van der Waals surface area contributed by atoms with Crippen molar-refractivity contribution in [1.82, 2.24) is 19.8 Å². The summed E-state index contributed by atoms with van der Waals surface area (Å²) in [5.74, 6) is 1.80. The molecule has 0 fully saturated rings. The van der Waals surface area contributed by atoms with E-state index in [9.17, 15) is 9.59 Å². The SMILES string of the molecule is CCN(CC)CCCn1c(-c2cccc(Oc3ccc(C(C)(C)C)cc3)c2)nc2cc(C(CC(N)=O)NC(=O)Nc3ccccc3C)ccc21. The molecule has 4 N–H and O–H groups in total. The third kappa shape index (κ3) is 9.09. The molecule has 0 aliphatic rings. The Bertz CT molecular complexity index is 1920. The highest BCUT2D eigenvalue weighted by Gasteiger charge is 2.21. The molecule has 0 aliphatic heterocycles. The maximum absolute atomic E-state index is 13.1. The second-order valence-electron chi connectivity index (χ2n) is 13.8. The van der Waals surface area contributed by atoms with Crippen molar-refractivity contribution in [2.45, 2.75) is 72.4 Å². The Morgan fingerprint density at radius 2 is 1.66 bits per heavy atom. The molecule has 1 atom stereocenters. The molecule has 1 aromatic heterocycles. The molecule has 0 aliphatic carbocycles. The van der Waals surface area contributed by atoms with Gasteiger partial charge in [0.15, 0.2) is 0 Å². The summed E-state index contributed by atoms with van der Waals surface area (Å²) < 4.78 is 8.56. The fraction of sp³-hybridized carbons (Fsp3) is 0.341. The van der Waals surface area contributed by atoms with E-state index in [1.165, 1.54) is 5.56 Å². The minimum absolute atomic E-state index is 0.0553. The predicted molar refractivity (Wildman–Crippen MR) is 203 cm³/mol. The third-order valence-corrected chi connectivity index (χ3v) is 9.08. The van der Waals surface area contributed by atoms with Crippen LogP contribution in [0.1, 0.15) is 70.2 Å². The van der Waals surface area contributed by atoms with Crippen molar-refractivity contribution in [3.63, 3.8) is 0 Å². The number of primary amides is 1. The van der Waals surface area contributed by atoms with E-state index in [-0.39, 0.29) is 11.8 Å². The number of hydrogen-bond donors (Lipinski definition) is 3. The summed E-state index contributed by atoms with van der Waals surface area (Å²) in [4.78, 5) is 32.8. The van der Waals surface area contributed by atoms with Crippen molar-refractivity contribution < 1.29 is 14.3 Å². The molecule has 0 radical (unpaired) electrons. The first-order chi connectivity index (χ1) is 23.9. The Kier molecular flexibility index (Phi) is 11.6. The van der Waals surface area contributed by atoms with E-state index < -0.39 is 18.0 Å². The summed E-state index contributed by atoms with van der Waals surface area (Å²) in [6.45, 7) is 16.6. The molecule has 0 saturated heterocycles. The van der Waals surface area contributed by atoms with Crippen LogP contribution in [0.15, 0.2) is 91.0 Å². The van der Waals surface area contributed by atoms with Crippen LogP contribution in [0.5, 0.6) is 11.5 Å². The number of aryl methyl sites for hydroxylation is 2. The average Bonchev–Trinajstić information content (AvgIpc) is 3.45. The number of ether oxygens (including phenoxy) is 1. The molecular weight excluding hydrogens is 624 g/mol. The van der Waals surface area contributed by atoms with Crippen molar-refractivity contribution in [3.8, 4) is 22.9 Å². The van der Waals surface area contributed by atoms with Gasteiger partial charge in [-0.2, -0.15) is 0 Å². The first-order valence-corrected chi connectivity index (χ1v) is 17.5. The van der Waals surface area contributed by atoms with Gasteiger partial charge in [0.1, 0.15) is 17.3 Å². The highest BCUT2D eigenvalue weighted by atomic mass is 16.5. The summed E-state index contributed by atoms with van der Waals surface area (Å²) in [6.07, 6.45) is 0.892. The normalized spacial score (nSPS) is 12.2. The Hall–Kier alpha value is -5.15. The number of imidazole rings is 1. The summed E-state index contributed by atoms with van der Waals surface area (Å²) in [5, 5.41) is 5.84. The Morgan fingerprint density at radius 3 is 2.34 bits per heavy atom. The first-order valence-electron chi connectivity index (χ1n) is 17.5. The lowest BCUT2D eigenvalue weighted by Crippen LogP contribution is -2.35. The maximum Gasteiger partial charge on any atom is 0.319 e. The fourth-order valence-corrected chi connectivity index (χ4v) is 6.14. The number of anilines is 1. The number of aromatic nitrogens is 2. The summed E-state index contributed by atoms with van der Waals surface area (Å²) in [7, 11) is 0. The quantitative estimate of drug-likeness (QED) is 0.109. The Balaban J connectivity index is 1.47. The van der Waals surface area contributed by atoms with Gasteiger partial charge < -0.3 is 30.6 Å². The van der Waals surface area contributed by atoms with Gasteiger partial charge >= 0.3 is 6.03 Å². The van der Waals surface area contributed by atoms with E-state index in [1.807, 2.05) is 85.8 Å². The number of amides is 3. The Labute approximate surface area is 295 Å². The summed E-state index contributed by atoms with van der Waals surface area (Å²) >= 11 is 0. The number of nitrogens with two attached hydrogens (primary N) is 1. The molecule has 5 rings (SSSR count). The Morgan fingerprint density at radius 1 is 0.920 bits per heavy atom. The number of para-hydroxylation sites is 1. The van der Waals surface area contributed by atoms with Crippen LogP contribution in [0.25, 0.3) is 22.4 Å². The molecule has 0 bridgehead atoms. The molecule has 9 heteroatoms. The smallest absolute Gasteiger partial charge is 0.319 e. The van der Waals surface area contributed by atoms with Gasteiger partial charge in [-0.3, -0.25) is 4.79 Å². The number of urea groups is 1. The van der Waals surface area contributed by atoms with Crippen LogP contribution >= 0.6 is 0 Å². The van der Waals surface area contributed by atoms with E-state index >= 15 is 0 Å². The minimum Gasteiger partial charge on any atom is -0.457 e. The topological polar surface area (TPSA) is 115 Å². The van der Waals surface area contributed by atoms with Crippen molar-refractivity contribution in [1.29, 1.82) is 0 Å². The monoisotopic (exact) mass is 674 g/mol. The summed E-state index contributed by atoms with van der Waals surface area (Å²) in [6, 6.07) is 28.6. The van der Waals surface area contributed by atoms with E-state index in [4.69, 9.17) is 15.5 Å². The van der Waals surface area contributed by atoms with Crippen LogP contribution in [0.4, 0.5) is 10.5 Å². The lowest BCUT2D eigenvalue weighted by Gasteiger charge is -2.20. The molecule has 5 aromatic rings. The second kappa shape index (κ2) is 16.0. The number of nitrogens with zero attached hydrogens (tertiary/aromatic N) is 3. The molecule has 3 amide bonds. The van der Waals surface area contributed by atoms with Gasteiger partial charge in [-0.1, -0.05) is 83.1 Å². The van der Waals surface area contributed by atoms with Crippen LogP contribution < -0.4 is 21.1 Å². The van der Waals surface area contributed by atoms with E-state index in [1.54, 1.807) is 0 Å². The number of carbonyl (C=O) groups excluding carboxylic acids is 2. The van der Waals surface area contributed by atoms with Crippen LogP contribution in [0, 0.1) is 6.92 Å². The molecular formula is C41H50N6O3. The minimum atomic E-state index is -0.640. The van der Waals surface area contributed by atoms with Crippen LogP contribution in [0.3, 0.4) is 0 Å². The van der Waals surface area contributed by atoms with Gasteiger partial charge in [0, 0.05) is 17.8 Å². The number of hydrogen-bond acceptors (Lipinski definition) is 5. The van der Waals surface area contributed by atoms with E-state index in [0.29, 0.717) is 5.69 Å². The lowest BCUT2D eigenvalue weighted by molar-refractivity contribution is -0.118. The molecule has 1 unspecified atom stereocenters. The number of fused-ring (bicyclic) bond motifs is 1. The van der Waals surface area contributed by atoms with E-state index in [2.05, 4.69) is 66.9 Å². The van der Waals surface area contributed by atoms with Crippen molar-refractivity contribution in [3.05, 3.63) is 108 Å². The highest BCUT2D eigenvalue weighted by molar-refractivity contribution is 5.91. The summed E-state index contributed by atoms with van der Waals surface area (Å²) in [5.41, 5.74) is 12.0. The van der Waals surface area contributed by atoms with Crippen molar-refractivity contribution in [2.24, 2.45) is 5.73 Å². The molecule has 262 valence electrons. The number of rotatable bonds is 14. The maximum atomic E-state index is 13.1. The molecule has 0 spiro atoms. The number of nitrogens with one attached hydrogen (secondary N) is 2. The zero-order chi connectivity index (χ0) is 35.8. The average molecular weight is 675 g/mol. The lowest BCUT2D eigenvalue weighted by atomic mass is 9.87. The number of benzene rings is 4. The fourth-order valence-electron chi connectivity index (χ4n) is 6.14. The van der Waals surface area contributed by atoms with Gasteiger partial charge in [0.05, 0.1) is 23.5 Å². The van der Waals surface area contributed by atoms with Crippen LogP contribution in [-0.4, -0.2) is 46.0 Å². The molecule has 9 nitrogen and oxygen atoms in total. The van der Waals surface area contributed by atoms with E-state index in [0.717, 1.165) is 77.6 Å². The molecule has 0 saturated carbocycles. The second-order valence-corrected chi connectivity index (χ2v) is 13.8. The van der Waals surface area contributed by atoms with Gasteiger partial charge in [0.25, 0.3) is 0 Å². The van der Waals surface area contributed by atoms with Gasteiger partial charge in [-0.15, -0.1) is 0 Å². The zero-order valence-electron chi connectivity index (χ0n) is 30.1. The zero-order valence-corrected chi connectivity index (χ0v) is 30.1. The van der Waals surface area contributed by atoms with Crippen molar-refractivity contribution >= 4 is 28.7 Å². The highest BCUT2D eigenvalue weighted by Crippen LogP contribution is 2.32. The molecule has 1 heterocycles. The molecule has 4 aromatic carbocycles.